The number of rotatable bonds is 4. The van der Waals surface area contributed by atoms with Crippen molar-refractivity contribution in [1.82, 2.24) is 9.97 Å². The van der Waals surface area contributed by atoms with Crippen LogP contribution in [0.1, 0.15) is 5.56 Å². The number of pyridine rings is 1. The third-order valence-corrected chi connectivity index (χ3v) is 4.00. The summed E-state index contributed by atoms with van der Waals surface area (Å²) in [6.07, 6.45) is 3.66. The van der Waals surface area contributed by atoms with Gasteiger partial charge >= 0.3 is 0 Å². The van der Waals surface area contributed by atoms with Crippen molar-refractivity contribution in [3.8, 4) is 10.6 Å². The van der Waals surface area contributed by atoms with E-state index >= 15 is 0 Å². The maximum absolute atomic E-state index is 12.1. The summed E-state index contributed by atoms with van der Waals surface area (Å²) in [5.74, 6) is 0.417. The van der Waals surface area contributed by atoms with Crippen LogP contribution in [0.3, 0.4) is 0 Å². The molecule has 6 heteroatoms. The van der Waals surface area contributed by atoms with Crippen LogP contribution in [0.4, 0.5) is 5.82 Å². The molecule has 0 aliphatic rings. The van der Waals surface area contributed by atoms with Gasteiger partial charge in [0.05, 0.1) is 6.42 Å². The molecule has 0 saturated carbocycles. The lowest BCUT2D eigenvalue weighted by Gasteiger charge is -2.05. The van der Waals surface area contributed by atoms with Crippen molar-refractivity contribution in [2.24, 2.45) is 0 Å². The van der Waals surface area contributed by atoms with Gasteiger partial charge in [-0.25, -0.2) is 4.98 Å². The minimum absolute atomic E-state index is 0.135. The van der Waals surface area contributed by atoms with Crippen LogP contribution in [0.2, 0.25) is 0 Å². The van der Waals surface area contributed by atoms with Crippen molar-refractivity contribution in [3.63, 3.8) is 0 Å². The largest absolute Gasteiger partial charge is 0.310 e. The van der Waals surface area contributed by atoms with Crippen LogP contribution in [0, 0.1) is 0 Å². The second-order valence-corrected chi connectivity index (χ2v) is 5.56. The summed E-state index contributed by atoms with van der Waals surface area (Å²) in [6, 6.07) is 11.1. The number of carbonyl (C=O) groups excluding carboxylic acids is 1. The van der Waals surface area contributed by atoms with E-state index in [0.717, 1.165) is 16.1 Å². The number of nitrogens with one attached hydrogen (secondary N) is 1. The van der Waals surface area contributed by atoms with Crippen molar-refractivity contribution in [1.29, 1.82) is 0 Å². The summed E-state index contributed by atoms with van der Waals surface area (Å²) in [5.41, 5.74) is 2.41. The highest BCUT2D eigenvalue weighted by molar-refractivity contribution is 7.13. The number of thiazole rings is 1. The average Bonchev–Trinajstić information content (AvgIpc) is 2.99. The van der Waals surface area contributed by atoms with E-state index in [2.05, 4.69) is 15.3 Å². The third-order valence-electron chi connectivity index (χ3n) is 3.11. The summed E-state index contributed by atoms with van der Waals surface area (Å²) in [6.45, 7) is 0. The molecule has 2 radical (unpaired) electrons. The van der Waals surface area contributed by atoms with Crippen LogP contribution in [0.25, 0.3) is 10.6 Å². The number of nitrogens with zero attached hydrogens (tertiary/aromatic N) is 2. The maximum Gasteiger partial charge on any atom is 0.229 e. The molecule has 4 nitrogen and oxygen atoms in total. The maximum atomic E-state index is 12.1. The van der Waals surface area contributed by atoms with Crippen LogP contribution >= 0.6 is 11.3 Å². The first-order valence-electron chi connectivity index (χ1n) is 6.71. The van der Waals surface area contributed by atoms with Gasteiger partial charge in [0, 0.05) is 23.3 Å². The van der Waals surface area contributed by atoms with Gasteiger partial charge in [-0.3, -0.25) is 9.78 Å². The Morgan fingerprint density at radius 1 is 1.18 bits per heavy atom. The molecule has 0 saturated heterocycles. The lowest BCUT2D eigenvalue weighted by molar-refractivity contribution is -0.115. The second kappa shape index (κ2) is 6.53. The fraction of sp³-hybridized carbons (Fsp3) is 0.0625. The normalized spacial score (nSPS) is 10.4. The van der Waals surface area contributed by atoms with E-state index in [9.17, 15) is 4.79 Å². The van der Waals surface area contributed by atoms with Crippen molar-refractivity contribution >= 4 is 36.4 Å². The topological polar surface area (TPSA) is 54.9 Å². The van der Waals surface area contributed by atoms with Crippen molar-refractivity contribution in [2.75, 3.05) is 5.32 Å². The lowest BCUT2D eigenvalue weighted by Crippen LogP contribution is -2.19. The number of hydrogen-bond acceptors (Lipinski definition) is 4. The zero-order chi connectivity index (χ0) is 15.4. The molecule has 1 amide bonds. The SMILES string of the molecule is [B]c1ccccc1CC(=O)Nc1csc(-c2ccncc2)n1. The monoisotopic (exact) mass is 305 g/mol. The Bertz CT molecular complexity index is 789. The van der Waals surface area contributed by atoms with Crippen LogP contribution < -0.4 is 10.8 Å². The number of carbonyl (C=O) groups is 1. The van der Waals surface area contributed by atoms with Crippen LogP contribution in [0.5, 0.6) is 0 Å². The Morgan fingerprint density at radius 3 is 2.73 bits per heavy atom. The summed E-state index contributed by atoms with van der Waals surface area (Å²) in [4.78, 5) is 20.5. The molecule has 3 rings (SSSR count). The van der Waals surface area contributed by atoms with Gasteiger partial charge in [0.2, 0.25) is 5.91 Å². The highest BCUT2D eigenvalue weighted by Gasteiger charge is 2.09. The first-order chi connectivity index (χ1) is 10.7. The smallest absolute Gasteiger partial charge is 0.229 e. The van der Waals surface area contributed by atoms with Gasteiger partial charge in [-0.1, -0.05) is 29.7 Å². The van der Waals surface area contributed by atoms with Crippen molar-refractivity contribution < 1.29 is 4.79 Å². The lowest BCUT2D eigenvalue weighted by atomic mass is 9.89. The number of benzene rings is 1. The zero-order valence-corrected chi connectivity index (χ0v) is 12.5. The van der Waals surface area contributed by atoms with Crippen LogP contribution in [0.15, 0.2) is 54.2 Å². The Labute approximate surface area is 133 Å². The number of hydrogen-bond donors (Lipinski definition) is 1. The van der Waals surface area contributed by atoms with E-state index in [-0.39, 0.29) is 12.3 Å². The third kappa shape index (κ3) is 3.40. The molecule has 0 bridgehead atoms. The molecule has 2 heterocycles. The molecule has 0 unspecified atom stereocenters. The predicted octanol–water partition coefficient (Wildman–Crippen LogP) is 2.18. The first-order valence-corrected chi connectivity index (χ1v) is 7.59. The van der Waals surface area contributed by atoms with Gasteiger partial charge in [-0.15, -0.1) is 11.3 Å². The van der Waals surface area contributed by atoms with Crippen LogP contribution in [-0.4, -0.2) is 23.7 Å². The van der Waals surface area contributed by atoms with Gasteiger partial charge < -0.3 is 5.32 Å². The molecule has 0 aliphatic carbocycles. The molecule has 0 aliphatic heterocycles. The first kappa shape index (κ1) is 14.5. The molecule has 0 spiro atoms. The Morgan fingerprint density at radius 2 is 1.95 bits per heavy atom. The molecule has 106 valence electrons. The van der Waals surface area contributed by atoms with E-state index < -0.39 is 0 Å². The fourth-order valence-electron chi connectivity index (χ4n) is 2.01. The Hall–Kier alpha value is -2.47. The van der Waals surface area contributed by atoms with Gasteiger partial charge in [0.15, 0.2) is 0 Å². The Kier molecular flexibility index (Phi) is 4.30. The molecule has 2 aromatic heterocycles. The van der Waals surface area contributed by atoms with Gasteiger partial charge in [0.1, 0.15) is 18.7 Å². The quantitative estimate of drug-likeness (QED) is 0.752. The summed E-state index contributed by atoms with van der Waals surface area (Å²) in [5, 5.41) is 5.46. The molecule has 3 aromatic rings. The highest BCUT2D eigenvalue weighted by atomic mass is 32.1. The van der Waals surface area contributed by atoms with Gasteiger partial charge in [0.25, 0.3) is 0 Å². The standard InChI is InChI=1S/C16H12BN3OS/c17-13-4-2-1-3-12(13)9-15(21)19-14-10-22-16(20-14)11-5-7-18-8-6-11/h1-8,10H,9H2,(H,19,21). The molecule has 22 heavy (non-hydrogen) atoms. The average molecular weight is 305 g/mol. The van der Waals surface area contributed by atoms with E-state index in [4.69, 9.17) is 7.85 Å². The molecule has 1 aromatic carbocycles. The summed E-state index contributed by atoms with van der Waals surface area (Å²) in [7, 11) is 5.84. The molecular weight excluding hydrogens is 293 g/mol. The molecular formula is C16H12BN3OS. The fourth-order valence-corrected chi connectivity index (χ4v) is 2.77. The van der Waals surface area contributed by atoms with E-state index in [1.54, 1.807) is 18.5 Å². The van der Waals surface area contributed by atoms with Crippen molar-refractivity contribution in [2.45, 2.75) is 6.42 Å². The molecule has 0 atom stereocenters. The number of anilines is 1. The zero-order valence-electron chi connectivity index (χ0n) is 11.7. The Balaban J connectivity index is 1.68. The van der Waals surface area contributed by atoms with Gasteiger partial charge in [-0.2, -0.15) is 0 Å². The molecule has 0 fully saturated rings. The van der Waals surface area contributed by atoms with E-state index in [1.165, 1.54) is 11.3 Å². The van der Waals surface area contributed by atoms with Gasteiger partial charge in [-0.05, 0) is 17.7 Å². The summed E-state index contributed by atoms with van der Waals surface area (Å²) < 4.78 is 0. The van der Waals surface area contributed by atoms with Crippen molar-refractivity contribution in [3.05, 3.63) is 59.7 Å². The van der Waals surface area contributed by atoms with Crippen LogP contribution in [-0.2, 0) is 11.2 Å². The molecule has 1 N–H and O–H groups in total. The minimum atomic E-state index is -0.135. The summed E-state index contributed by atoms with van der Waals surface area (Å²) >= 11 is 1.48. The van der Waals surface area contributed by atoms with E-state index in [1.807, 2.05) is 35.7 Å². The predicted molar refractivity (Wildman–Crippen MR) is 89.5 cm³/mol. The second-order valence-electron chi connectivity index (χ2n) is 4.70. The number of amides is 1. The highest BCUT2D eigenvalue weighted by Crippen LogP contribution is 2.25. The van der Waals surface area contributed by atoms with E-state index in [0.29, 0.717) is 11.3 Å². The number of aromatic nitrogens is 2. The minimum Gasteiger partial charge on any atom is -0.310 e.